The van der Waals surface area contributed by atoms with Gasteiger partial charge >= 0.3 is 0 Å². The first-order valence-corrected chi connectivity index (χ1v) is 5.53. The molecule has 17 heavy (non-hydrogen) atoms. The molecule has 2 aromatic heterocycles. The number of imidazole rings is 1. The molecule has 0 radical (unpaired) electrons. The summed E-state index contributed by atoms with van der Waals surface area (Å²) in [5, 5.41) is 0. The molecule has 2 heterocycles. The third kappa shape index (κ3) is 1.49. The van der Waals surface area contributed by atoms with Crippen molar-refractivity contribution < 1.29 is 4.42 Å². The van der Waals surface area contributed by atoms with Crippen LogP contribution < -0.4 is 5.73 Å². The Kier molecular flexibility index (Phi) is 2.14. The van der Waals surface area contributed by atoms with E-state index in [9.17, 15) is 0 Å². The van der Waals surface area contributed by atoms with Crippen LogP contribution in [0.5, 0.6) is 0 Å². The largest absolute Gasteiger partial charge is 0.467 e. The first kappa shape index (κ1) is 9.96. The van der Waals surface area contributed by atoms with E-state index in [2.05, 4.69) is 4.98 Å². The van der Waals surface area contributed by atoms with Gasteiger partial charge in [0.2, 0.25) is 5.95 Å². The number of nitrogen functional groups attached to an aromatic ring is 1. The molecule has 3 rings (SSSR count). The van der Waals surface area contributed by atoms with Gasteiger partial charge in [0.25, 0.3) is 0 Å². The first-order chi connectivity index (χ1) is 8.27. The molecule has 0 aliphatic rings. The lowest BCUT2D eigenvalue weighted by Crippen LogP contribution is -2.09. The van der Waals surface area contributed by atoms with Gasteiger partial charge in [-0.1, -0.05) is 12.1 Å². The average molecular weight is 227 g/mol. The minimum Gasteiger partial charge on any atom is -0.467 e. The van der Waals surface area contributed by atoms with Crippen LogP contribution in [0.1, 0.15) is 18.7 Å². The molecule has 0 spiro atoms. The zero-order valence-electron chi connectivity index (χ0n) is 9.50. The van der Waals surface area contributed by atoms with E-state index in [1.807, 2.05) is 47.9 Å². The number of aromatic nitrogens is 2. The van der Waals surface area contributed by atoms with Crippen molar-refractivity contribution in [1.82, 2.24) is 9.55 Å². The van der Waals surface area contributed by atoms with Gasteiger partial charge in [0.05, 0.1) is 23.3 Å². The third-order valence-corrected chi connectivity index (χ3v) is 2.97. The Morgan fingerprint density at radius 1 is 1.24 bits per heavy atom. The van der Waals surface area contributed by atoms with Crippen LogP contribution in [0.2, 0.25) is 0 Å². The van der Waals surface area contributed by atoms with Crippen molar-refractivity contribution in [3.63, 3.8) is 0 Å². The SMILES string of the molecule is C[C@H](c1ccco1)n1c(N)nc2ccccc21. The highest BCUT2D eigenvalue weighted by atomic mass is 16.3. The van der Waals surface area contributed by atoms with Crippen LogP contribution in [-0.4, -0.2) is 9.55 Å². The van der Waals surface area contributed by atoms with E-state index in [0.717, 1.165) is 16.8 Å². The first-order valence-electron chi connectivity index (χ1n) is 5.53. The average Bonchev–Trinajstić information content (AvgIpc) is 2.94. The molecule has 2 N–H and O–H groups in total. The van der Waals surface area contributed by atoms with Gasteiger partial charge in [0, 0.05) is 0 Å². The van der Waals surface area contributed by atoms with E-state index in [1.54, 1.807) is 6.26 Å². The summed E-state index contributed by atoms with van der Waals surface area (Å²) in [5.74, 6) is 1.38. The molecule has 1 atom stereocenters. The number of rotatable bonds is 2. The second-order valence-corrected chi connectivity index (χ2v) is 4.02. The summed E-state index contributed by atoms with van der Waals surface area (Å²) in [6.45, 7) is 2.04. The van der Waals surface area contributed by atoms with E-state index in [0.29, 0.717) is 5.95 Å². The Morgan fingerprint density at radius 2 is 2.06 bits per heavy atom. The molecular formula is C13H13N3O. The number of hydrogen-bond donors (Lipinski definition) is 1. The van der Waals surface area contributed by atoms with Gasteiger partial charge in [0.1, 0.15) is 5.76 Å². The summed E-state index contributed by atoms with van der Waals surface area (Å²) in [6.07, 6.45) is 1.67. The predicted molar refractivity (Wildman–Crippen MR) is 66.7 cm³/mol. The number of para-hydroxylation sites is 2. The van der Waals surface area contributed by atoms with Crippen LogP contribution in [0.15, 0.2) is 47.1 Å². The minimum absolute atomic E-state index is 0.0393. The van der Waals surface area contributed by atoms with Crippen molar-refractivity contribution in [1.29, 1.82) is 0 Å². The van der Waals surface area contributed by atoms with E-state index in [1.165, 1.54) is 0 Å². The summed E-state index contributed by atoms with van der Waals surface area (Å²) in [7, 11) is 0. The Bertz CT molecular complexity index is 640. The zero-order chi connectivity index (χ0) is 11.8. The molecule has 3 aromatic rings. The highest BCUT2D eigenvalue weighted by Gasteiger charge is 2.16. The zero-order valence-corrected chi connectivity index (χ0v) is 9.50. The Hall–Kier alpha value is -2.23. The van der Waals surface area contributed by atoms with Crippen LogP contribution in [0, 0.1) is 0 Å². The fourth-order valence-corrected chi connectivity index (χ4v) is 2.13. The second kappa shape index (κ2) is 3.66. The summed E-state index contributed by atoms with van der Waals surface area (Å²) in [5.41, 5.74) is 7.90. The minimum atomic E-state index is 0.0393. The monoisotopic (exact) mass is 227 g/mol. The smallest absolute Gasteiger partial charge is 0.201 e. The normalized spacial score (nSPS) is 13.0. The maximum atomic E-state index is 5.97. The number of benzene rings is 1. The fraction of sp³-hybridized carbons (Fsp3) is 0.154. The molecule has 0 unspecified atom stereocenters. The molecule has 0 saturated carbocycles. The predicted octanol–water partition coefficient (Wildman–Crippen LogP) is 2.82. The van der Waals surface area contributed by atoms with Gasteiger partial charge < -0.3 is 14.7 Å². The van der Waals surface area contributed by atoms with E-state index in [4.69, 9.17) is 10.2 Å². The van der Waals surface area contributed by atoms with Gasteiger partial charge in [-0.3, -0.25) is 0 Å². The van der Waals surface area contributed by atoms with E-state index in [-0.39, 0.29) is 6.04 Å². The highest BCUT2D eigenvalue weighted by molar-refractivity contribution is 5.78. The van der Waals surface area contributed by atoms with Crippen LogP contribution in [0.4, 0.5) is 5.95 Å². The van der Waals surface area contributed by atoms with Crippen LogP contribution >= 0.6 is 0 Å². The summed E-state index contributed by atoms with van der Waals surface area (Å²) in [6, 6.07) is 11.8. The van der Waals surface area contributed by atoms with Crippen molar-refractivity contribution >= 4 is 17.0 Å². The molecular weight excluding hydrogens is 214 g/mol. The van der Waals surface area contributed by atoms with Crippen LogP contribution in [-0.2, 0) is 0 Å². The van der Waals surface area contributed by atoms with E-state index >= 15 is 0 Å². The van der Waals surface area contributed by atoms with E-state index < -0.39 is 0 Å². The van der Waals surface area contributed by atoms with Crippen molar-refractivity contribution in [3.05, 3.63) is 48.4 Å². The summed E-state index contributed by atoms with van der Waals surface area (Å²) < 4.78 is 7.40. The number of furan rings is 1. The number of nitrogens with zero attached hydrogens (tertiary/aromatic N) is 2. The third-order valence-electron chi connectivity index (χ3n) is 2.97. The lowest BCUT2D eigenvalue weighted by molar-refractivity contribution is 0.453. The quantitative estimate of drug-likeness (QED) is 0.732. The second-order valence-electron chi connectivity index (χ2n) is 4.02. The summed E-state index contributed by atoms with van der Waals surface area (Å²) >= 11 is 0. The molecule has 4 heteroatoms. The molecule has 1 aromatic carbocycles. The van der Waals surface area contributed by atoms with Crippen molar-refractivity contribution in [2.75, 3.05) is 5.73 Å². The Morgan fingerprint density at radius 3 is 2.82 bits per heavy atom. The molecule has 0 saturated heterocycles. The maximum absolute atomic E-state index is 5.97. The van der Waals surface area contributed by atoms with Crippen molar-refractivity contribution in [2.45, 2.75) is 13.0 Å². The van der Waals surface area contributed by atoms with Gasteiger partial charge in [-0.25, -0.2) is 4.98 Å². The van der Waals surface area contributed by atoms with Crippen LogP contribution in [0.3, 0.4) is 0 Å². The van der Waals surface area contributed by atoms with Crippen molar-refractivity contribution in [3.8, 4) is 0 Å². The number of fused-ring (bicyclic) bond motifs is 1. The Balaban J connectivity index is 2.20. The van der Waals surface area contributed by atoms with Gasteiger partial charge in [0.15, 0.2) is 0 Å². The number of hydrogen-bond acceptors (Lipinski definition) is 3. The molecule has 86 valence electrons. The molecule has 0 aliphatic heterocycles. The molecule has 0 bridgehead atoms. The van der Waals surface area contributed by atoms with Gasteiger partial charge in [-0.2, -0.15) is 0 Å². The fourth-order valence-electron chi connectivity index (χ4n) is 2.13. The van der Waals surface area contributed by atoms with Gasteiger partial charge in [-0.05, 0) is 31.2 Å². The summed E-state index contributed by atoms with van der Waals surface area (Å²) in [4.78, 5) is 4.34. The standard InChI is InChI=1S/C13H13N3O/c1-9(12-7-4-8-17-12)16-11-6-3-2-5-10(11)15-13(16)14/h2-9H,1H3,(H2,14,15)/t9-/m1/s1. The lowest BCUT2D eigenvalue weighted by Gasteiger charge is -2.13. The number of anilines is 1. The van der Waals surface area contributed by atoms with Gasteiger partial charge in [-0.15, -0.1) is 0 Å². The molecule has 0 fully saturated rings. The topological polar surface area (TPSA) is 57.0 Å². The molecule has 4 nitrogen and oxygen atoms in total. The highest BCUT2D eigenvalue weighted by Crippen LogP contribution is 2.27. The van der Waals surface area contributed by atoms with Crippen molar-refractivity contribution in [2.24, 2.45) is 0 Å². The maximum Gasteiger partial charge on any atom is 0.201 e. The number of nitrogens with two attached hydrogens (primary N) is 1. The lowest BCUT2D eigenvalue weighted by atomic mass is 10.2. The van der Waals surface area contributed by atoms with Crippen LogP contribution in [0.25, 0.3) is 11.0 Å². The molecule has 0 aliphatic carbocycles. The Labute approximate surface area is 98.7 Å². The molecule has 0 amide bonds.